The number of fused-ring (bicyclic) bond motifs is 1. The van der Waals surface area contributed by atoms with Crippen molar-refractivity contribution in [3.63, 3.8) is 0 Å². The second kappa shape index (κ2) is 5.05. The number of hydrogen-bond donors (Lipinski definition) is 3. The molecule has 1 aromatic carbocycles. The number of nitrogen functional groups attached to an aromatic ring is 1. The molecule has 20 heavy (non-hydrogen) atoms. The highest BCUT2D eigenvalue weighted by molar-refractivity contribution is 5.97. The Bertz CT molecular complexity index is 763. The van der Waals surface area contributed by atoms with E-state index in [0.29, 0.717) is 17.9 Å². The number of hydrogen-bond acceptors (Lipinski definition) is 3. The van der Waals surface area contributed by atoms with Gasteiger partial charge >= 0.3 is 0 Å². The molecule has 0 radical (unpaired) electrons. The van der Waals surface area contributed by atoms with Gasteiger partial charge in [-0.25, -0.2) is 4.98 Å². The summed E-state index contributed by atoms with van der Waals surface area (Å²) in [4.78, 5) is 19.2. The third-order valence-electron chi connectivity index (χ3n) is 3.18. The Labute approximate surface area is 115 Å². The highest BCUT2D eigenvalue weighted by atomic mass is 16.1. The molecule has 5 heteroatoms. The molecular weight excluding hydrogens is 252 g/mol. The Morgan fingerprint density at radius 2 is 2.20 bits per heavy atom. The van der Waals surface area contributed by atoms with Crippen molar-refractivity contribution in [3.05, 3.63) is 59.9 Å². The number of anilines is 1. The van der Waals surface area contributed by atoms with E-state index < -0.39 is 0 Å². The van der Waals surface area contributed by atoms with E-state index >= 15 is 0 Å². The lowest BCUT2D eigenvalue weighted by molar-refractivity contribution is 0.0951. The number of aromatic amines is 1. The van der Waals surface area contributed by atoms with Crippen LogP contribution in [-0.2, 0) is 6.54 Å². The summed E-state index contributed by atoms with van der Waals surface area (Å²) in [6.07, 6.45) is 3.47. The molecule has 2 heterocycles. The molecule has 0 fully saturated rings. The fourth-order valence-electron chi connectivity index (χ4n) is 2.07. The predicted molar refractivity (Wildman–Crippen MR) is 78.1 cm³/mol. The Hall–Kier alpha value is -2.82. The van der Waals surface area contributed by atoms with Crippen LogP contribution < -0.4 is 11.1 Å². The number of benzene rings is 1. The number of amides is 1. The van der Waals surface area contributed by atoms with Gasteiger partial charge in [-0.2, -0.15) is 0 Å². The maximum Gasteiger partial charge on any atom is 0.251 e. The van der Waals surface area contributed by atoms with E-state index in [0.717, 1.165) is 16.5 Å². The molecule has 0 aliphatic rings. The van der Waals surface area contributed by atoms with Crippen molar-refractivity contribution in [3.8, 4) is 0 Å². The fraction of sp³-hybridized carbons (Fsp3) is 0.0667. The van der Waals surface area contributed by atoms with E-state index in [9.17, 15) is 4.79 Å². The highest BCUT2D eigenvalue weighted by Crippen LogP contribution is 2.14. The van der Waals surface area contributed by atoms with Gasteiger partial charge in [0, 0.05) is 35.6 Å². The molecule has 3 aromatic rings. The van der Waals surface area contributed by atoms with E-state index in [4.69, 9.17) is 5.73 Å². The average Bonchev–Trinajstić information content (AvgIpc) is 2.93. The summed E-state index contributed by atoms with van der Waals surface area (Å²) in [6, 6.07) is 11.2. The van der Waals surface area contributed by atoms with Crippen LogP contribution in [0.1, 0.15) is 15.9 Å². The van der Waals surface area contributed by atoms with Crippen molar-refractivity contribution in [1.82, 2.24) is 15.3 Å². The van der Waals surface area contributed by atoms with Crippen molar-refractivity contribution < 1.29 is 4.79 Å². The molecule has 3 rings (SSSR count). The van der Waals surface area contributed by atoms with Gasteiger partial charge in [-0.15, -0.1) is 0 Å². The van der Waals surface area contributed by atoms with Gasteiger partial charge in [-0.05, 0) is 29.7 Å². The SMILES string of the molecule is Nc1ncccc1CNC(=O)c1ccc2cc[nH]c2c1. The summed E-state index contributed by atoms with van der Waals surface area (Å²) in [7, 11) is 0. The first-order chi connectivity index (χ1) is 9.74. The van der Waals surface area contributed by atoms with Crippen LogP contribution in [0.15, 0.2) is 48.8 Å². The number of nitrogens with one attached hydrogen (secondary N) is 2. The topological polar surface area (TPSA) is 83.8 Å². The van der Waals surface area contributed by atoms with E-state index in [1.54, 1.807) is 18.3 Å². The van der Waals surface area contributed by atoms with Crippen molar-refractivity contribution >= 4 is 22.6 Å². The summed E-state index contributed by atoms with van der Waals surface area (Å²) in [5.74, 6) is 0.303. The first kappa shape index (κ1) is 12.2. The fourth-order valence-corrected chi connectivity index (χ4v) is 2.07. The summed E-state index contributed by atoms with van der Waals surface area (Å²) < 4.78 is 0. The number of nitrogens with zero attached hydrogens (tertiary/aromatic N) is 1. The second-order valence-corrected chi connectivity index (χ2v) is 4.51. The predicted octanol–water partition coefficient (Wildman–Crippen LogP) is 2.08. The second-order valence-electron chi connectivity index (χ2n) is 4.51. The highest BCUT2D eigenvalue weighted by Gasteiger charge is 2.07. The van der Waals surface area contributed by atoms with Crippen molar-refractivity contribution in [2.24, 2.45) is 0 Å². The minimum atomic E-state index is -0.134. The summed E-state index contributed by atoms with van der Waals surface area (Å²) in [5, 5.41) is 3.92. The average molecular weight is 266 g/mol. The summed E-state index contributed by atoms with van der Waals surface area (Å²) >= 11 is 0. The number of rotatable bonds is 3. The molecule has 0 aliphatic heterocycles. The van der Waals surface area contributed by atoms with Crippen LogP contribution in [0.25, 0.3) is 10.9 Å². The van der Waals surface area contributed by atoms with Gasteiger partial charge in [0.15, 0.2) is 0 Å². The monoisotopic (exact) mass is 266 g/mol. The van der Waals surface area contributed by atoms with Gasteiger partial charge in [0.2, 0.25) is 0 Å². The molecule has 0 unspecified atom stereocenters. The number of pyridine rings is 1. The molecule has 0 saturated carbocycles. The zero-order valence-electron chi connectivity index (χ0n) is 10.8. The van der Waals surface area contributed by atoms with Crippen LogP contribution >= 0.6 is 0 Å². The normalized spacial score (nSPS) is 10.6. The molecule has 0 atom stereocenters. The minimum absolute atomic E-state index is 0.134. The molecule has 0 saturated heterocycles. The molecule has 1 amide bonds. The molecule has 100 valence electrons. The van der Waals surface area contributed by atoms with Gasteiger partial charge in [-0.1, -0.05) is 12.1 Å². The van der Waals surface area contributed by atoms with Gasteiger partial charge in [0.25, 0.3) is 5.91 Å². The number of aromatic nitrogens is 2. The molecule has 0 aliphatic carbocycles. The molecule has 0 bridgehead atoms. The van der Waals surface area contributed by atoms with Crippen LogP contribution in [0, 0.1) is 0 Å². The van der Waals surface area contributed by atoms with Gasteiger partial charge < -0.3 is 16.0 Å². The summed E-state index contributed by atoms with van der Waals surface area (Å²) in [5.41, 5.74) is 8.10. The van der Waals surface area contributed by atoms with Crippen LogP contribution in [0.3, 0.4) is 0 Å². The van der Waals surface area contributed by atoms with Gasteiger partial charge in [-0.3, -0.25) is 4.79 Å². The lowest BCUT2D eigenvalue weighted by atomic mass is 10.1. The quantitative estimate of drug-likeness (QED) is 0.678. The van der Waals surface area contributed by atoms with Gasteiger partial charge in [0.1, 0.15) is 5.82 Å². The number of nitrogens with two attached hydrogens (primary N) is 1. The zero-order chi connectivity index (χ0) is 13.9. The minimum Gasteiger partial charge on any atom is -0.383 e. The van der Waals surface area contributed by atoms with Crippen LogP contribution in [0.4, 0.5) is 5.82 Å². The van der Waals surface area contributed by atoms with Crippen molar-refractivity contribution in [2.45, 2.75) is 6.54 Å². The van der Waals surface area contributed by atoms with Crippen LogP contribution in [-0.4, -0.2) is 15.9 Å². The largest absolute Gasteiger partial charge is 0.383 e. The molecule has 2 aromatic heterocycles. The third-order valence-corrected chi connectivity index (χ3v) is 3.18. The first-order valence-corrected chi connectivity index (χ1v) is 6.29. The van der Waals surface area contributed by atoms with Crippen molar-refractivity contribution in [1.29, 1.82) is 0 Å². The van der Waals surface area contributed by atoms with E-state index in [2.05, 4.69) is 15.3 Å². The Morgan fingerprint density at radius 3 is 3.05 bits per heavy atom. The van der Waals surface area contributed by atoms with Crippen LogP contribution in [0.2, 0.25) is 0 Å². The lowest BCUT2D eigenvalue weighted by Gasteiger charge is -2.07. The third kappa shape index (κ3) is 2.33. The number of carbonyl (C=O) groups is 1. The first-order valence-electron chi connectivity index (χ1n) is 6.29. The van der Waals surface area contributed by atoms with Crippen molar-refractivity contribution in [2.75, 3.05) is 5.73 Å². The molecule has 0 spiro atoms. The maximum atomic E-state index is 12.1. The molecule has 5 nitrogen and oxygen atoms in total. The maximum absolute atomic E-state index is 12.1. The lowest BCUT2D eigenvalue weighted by Crippen LogP contribution is -2.23. The van der Waals surface area contributed by atoms with E-state index in [1.165, 1.54) is 0 Å². The smallest absolute Gasteiger partial charge is 0.251 e. The zero-order valence-corrected chi connectivity index (χ0v) is 10.8. The number of H-pyrrole nitrogens is 1. The van der Waals surface area contributed by atoms with Crippen LogP contribution in [0.5, 0.6) is 0 Å². The van der Waals surface area contributed by atoms with E-state index in [1.807, 2.05) is 30.5 Å². The number of carbonyl (C=O) groups excluding carboxylic acids is 1. The van der Waals surface area contributed by atoms with Gasteiger partial charge in [0.05, 0.1) is 0 Å². The Kier molecular flexibility index (Phi) is 3.09. The standard InChI is InChI=1S/C15H14N4O/c16-14-12(2-1-6-18-14)9-19-15(20)11-4-3-10-5-7-17-13(10)8-11/h1-8,17H,9H2,(H2,16,18)(H,19,20). The Morgan fingerprint density at radius 1 is 1.30 bits per heavy atom. The summed E-state index contributed by atoms with van der Waals surface area (Å²) in [6.45, 7) is 0.362. The molecular formula is C15H14N4O. The van der Waals surface area contributed by atoms with E-state index in [-0.39, 0.29) is 5.91 Å². The Balaban J connectivity index is 1.74. The molecule has 4 N–H and O–H groups in total.